The molecule has 0 unspecified atom stereocenters. The molecule has 1 aromatic heterocycles. The van der Waals surface area contributed by atoms with Crippen molar-refractivity contribution in [3.8, 4) is 11.6 Å². The molecule has 0 aliphatic rings. The monoisotopic (exact) mass is 440 g/mol. The molecule has 2 aromatic carbocycles. The average Bonchev–Trinajstić information content (AvgIpc) is 3.03. The van der Waals surface area contributed by atoms with Crippen molar-refractivity contribution in [2.45, 2.75) is 19.1 Å². The van der Waals surface area contributed by atoms with Crippen LogP contribution in [0.4, 0.5) is 13.2 Å². The van der Waals surface area contributed by atoms with E-state index < -0.39 is 22.5 Å². The van der Waals surface area contributed by atoms with Gasteiger partial charge in [-0.05, 0) is 35.4 Å². The molecule has 1 amide bonds. The summed E-state index contributed by atoms with van der Waals surface area (Å²) in [5.41, 5.74) is 0.208. The van der Waals surface area contributed by atoms with Gasteiger partial charge in [0.2, 0.25) is 5.88 Å². The standard InChI is InChI=1S/C20H17F3N2O4S/c1-29-15-7-4-12(9-16-18(27)25-19(28)30-16)8-14(15)17(26)24-10-11-2-5-13(6-3-11)20(21,22)23/h2-8,27H,9-10H2,1H3,(H,24,26)(H,25,28)/i/hT. The van der Waals surface area contributed by atoms with Crippen molar-refractivity contribution in [1.82, 2.24) is 10.3 Å². The molecular weight excluding hydrogens is 421 g/mol. The molecule has 0 bridgehead atoms. The highest BCUT2D eigenvalue weighted by molar-refractivity contribution is 7.09. The Morgan fingerprint density at radius 2 is 1.90 bits per heavy atom. The lowest BCUT2D eigenvalue weighted by Crippen LogP contribution is -2.23. The molecule has 0 saturated carbocycles. The summed E-state index contributed by atoms with van der Waals surface area (Å²) in [5, 5.41) is 10.4. The van der Waals surface area contributed by atoms with E-state index in [1.54, 1.807) is 6.07 Å². The Morgan fingerprint density at radius 1 is 1.23 bits per heavy atom. The molecule has 0 radical (unpaired) electrons. The molecular formula is C20H17F3N2O4S. The van der Waals surface area contributed by atoms with Crippen molar-refractivity contribution in [2.75, 3.05) is 7.11 Å². The Bertz CT molecular complexity index is 1140. The third-order valence-corrected chi connectivity index (χ3v) is 5.12. The first-order valence-electron chi connectivity index (χ1n) is 9.08. The molecule has 0 aliphatic carbocycles. The zero-order chi connectivity index (χ0) is 22.8. The van der Waals surface area contributed by atoms with Crippen molar-refractivity contribution >= 4 is 17.2 Å². The number of benzene rings is 2. The first-order valence-corrected chi connectivity index (χ1v) is 9.45. The van der Waals surface area contributed by atoms with E-state index in [9.17, 15) is 27.9 Å². The van der Waals surface area contributed by atoms with Crippen LogP contribution in [0, 0.1) is 0 Å². The maximum Gasteiger partial charge on any atom is 0.416 e. The zero-order valence-corrected chi connectivity index (χ0v) is 16.4. The highest BCUT2D eigenvalue weighted by atomic mass is 32.1. The minimum atomic E-state index is -4.47. The van der Waals surface area contributed by atoms with E-state index >= 15 is 0 Å². The van der Waals surface area contributed by atoms with E-state index in [1.807, 2.05) is 0 Å². The summed E-state index contributed by atoms with van der Waals surface area (Å²) in [7, 11) is 1.36. The van der Waals surface area contributed by atoms with Crippen LogP contribution in [-0.2, 0) is 19.1 Å². The topological polar surface area (TPSA) is 91.4 Å². The lowest BCUT2D eigenvalue weighted by Gasteiger charge is -2.12. The number of halogens is 3. The fourth-order valence-corrected chi connectivity index (χ4v) is 3.50. The van der Waals surface area contributed by atoms with Crippen molar-refractivity contribution in [1.29, 1.82) is 0 Å². The van der Waals surface area contributed by atoms with E-state index in [-0.39, 0.29) is 30.2 Å². The lowest BCUT2D eigenvalue weighted by atomic mass is 10.1. The van der Waals surface area contributed by atoms with Crippen molar-refractivity contribution < 1.29 is 29.2 Å². The Hall–Kier alpha value is -3.27. The third kappa shape index (κ3) is 5.01. The van der Waals surface area contributed by atoms with Crippen molar-refractivity contribution in [3.05, 3.63) is 79.3 Å². The zero-order valence-electron chi connectivity index (χ0n) is 16.6. The average molecular weight is 440 g/mol. The lowest BCUT2D eigenvalue weighted by molar-refractivity contribution is -0.137. The van der Waals surface area contributed by atoms with Crippen LogP contribution in [0.5, 0.6) is 11.6 Å². The SMILES string of the molecule is [3H]N(Cc1ccc(C(F)(F)F)cc1)C(=O)c1cc(Cc2sc(=O)[nH]c2O)ccc1OC. The molecule has 0 aliphatic heterocycles. The highest BCUT2D eigenvalue weighted by Crippen LogP contribution is 2.29. The summed E-state index contributed by atoms with van der Waals surface area (Å²) in [4.78, 5) is 26.4. The Labute approximate surface area is 174 Å². The van der Waals surface area contributed by atoms with Crippen LogP contribution in [0.1, 0.15) is 31.9 Å². The maximum atomic E-state index is 12.8. The van der Waals surface area contributed by atoms with Gasteiger partial charge < -0.3 is 15.2 Å². The fourth-order valence-electron chi connectivity index (χ4n) is 2.74. The highest BCUT2D eigenvalue weighted by Gasteiger charge is 2.29. The minimum absolute atomic E-state index is 0.0734. The number of carbonyl (C=O) groups excluding carboxylic acids is 1. The maximum absolute atomic E-state index is 12.8. The van der Waals surface area contributed by atoms with Gasteiger partial charge in [-0.25, -0.2) is 0 Å². The number of ether oxygens (including phenoxy) is 1. The van der Waals surface area contributed by atoms with E-state index in [0.29, 0.717) is 21.3 Å². The first kappa shape index (κ1) is 20.0. The number of aromatic hydroxyl groups is 1. The molecule has 0 fully saturated rings. The summed E-state index contributed by atoms with van der Waals surface area (Å²) in [6.07, 6.45) is -4.29. The molecule has 3 aromatic rings. The molecule has 0 atom stereocenters. The second-order valence-electron chi connectivity index (χ2n) is 6.31. The van der Waals surface area contributed by atoms with Crippen LogP contribution in [-0.4, -0.2) is 23.1 Å². The number of hydrogen-bond donors (Lipinski definition) is 3. The molecule has 30 heavy (non-hydrogen) atoms. The smallest absolute Gasteiger partial charge is 0.416 e. The molecule has 6 nitrogen and oxygen atoms in total. The fraction of sp³-hybridized carbons (Fsp3) is 0.200. The molecule has 0 spiro atoms. The van der Waals surface area contributed by atoms with Crippen LogP contribution in [0.3, 0.4) is 0 Å². The van der Waals surface area contributed by atoms with Gasteiger partial charge in [0.05, 0.1) is 23.1 Å². The van der Waals surface area contributed by atoms with Gasteiger partial charge in [0.25, 0.3) is 5.91 Å². The van der Waals surface area contributed by atoms with Crippen molar-refractivity contribution in [2.24, 2.45) is 0 Å². The number of amides is 1. The summed E-state index contributed by atoms with van der Waals surface area (Å²) in [5.74, 6) is -0.752. The second-order valence-corrected chi connectivity index (χ2v) is 7.38. The Balaban J connectivity index is 1.80. The number of nitrogens with one attached hydrogen (secondary N) is 2. The van der Waals surface area contributed by atoms with Crippen LogP contribution < -0.4 is 14.9 Å². The summed E-state index contributed by atoms with van der Waals surface area (Å²) < 4.78 is 51.3. The number of rotatable bonds is 6. The van der Waals surface area contributed by atoms with Crippen LogP contribution in [0.2, 0.25) is 1.41 Å². The molecule has 158 valence electrons. The molecule has 10 heteroatoms. The number of aromatic amines is 1. The number of alkyl halides is 3. The van der Waals surface area contributed by atoms with Crippen LogP contribution >= 0.6 is 11.3 Å². The van der Waals surface area contributed by atoms with Gasteiger partial charge in [-0.2, -0.15) is 13.2 Å². The van der Waals surface area contributed by atoms with E-state index in [2.05, 4.69) is 4.98 Å². The number of H-pyrrole nitrogens is 1. The number of methoxy groups -OCH3 is 1. The molecule has 3 rings (SSSR count). The second kappa shape index (κ2) is 8.62. The van der Waals surface area contributed by atoms with E-state index in [4.69, 9.17) is 6.15 Å². The van der Waals surface area contributed by atoms with Gasteiger partial charge >= 0.3 is 11.0 Å². The summed E-state index contributed by atoms with van der Waals surface area (Å²) in [6.45, 7) is -0.232. The van der Waals surface area contributed by atoms with E-state index in [1.165, 1.54) is 31.4 Å². The van der Waals surface area contributed by atoms with Crippen LogP contribution in [0.15, 0.2) is 47.3 Å². The largest absolute Gasteiger partial charge is 0.496 e. The van der Waals surface area contributed by atoms with Gasteiger partial charge in [0.15, 0.2) is 1.41 Å². The number of thiazole rings is 1. The minimum Gasteiger partial charge on any atom is -0.496 e. The molecule has 0 saturated heterocycles. The van der Waals surface area contributed by atoms with Crippen molar-refractivity contribution in [3.63, 3.8) is 0 Å². The number of aromatic nitrogens is 1. The van der Waals surface area contributed by atoms with Gasteiger partial charge in [-0.3, -0.25) is 14.6 Å². The predicted molar refractivity (Wildman–Crippen MR) is 105 cm³/mol. The quantitative estimate of drug-likeness (QED) is 0.545. The normalized spacial score (nSPS) is 11.8. The number of hydrogen-bond acceptors (Lipinski definition) is 5. The summed E-state index contributed by atoms with van der Waals surface area (Å²) in [6, 6.07) is 8.88. The van der Waals surface area contributed by atoms with Gasteiger partial charge in [0, 0.05) is 13.0 Å². The summed E-state index contributed by atoms with van der Waals surface area (Å²) >= 11 is 0.839. The first-order chi connectivity index (χ1) is 14.6. The Kier molecular flexibility index (Phi) is 5.75. The molecule has 1 heterocycles. The van der Waals surface area contributed by atoms with Gasteiger partial charge in [0.1, 0.15) is 5.75 Å². The number of carbonyl (C=O) groups is 1. The third-order valence-electron chi connectivity index (χ3n) is 4.25. The molecule has 3 N–H and O–H groups in total. The van der Waals surface area contributed by atoms with E-state index in [0.717, 1.165) is 23.5 Å². The van der Waals surface area contributed by atoms with Crippen LogP contribution in [0.25, 0.3) is 0 Å². The van der Waals surface area contributed by atoms with Gasteiger partial charge in [-0.1, -0.05) is 29.5 Å². The predicted octanol–water partition coefficient (Wildman–Crippen LogP) is 3.69. The Morgan fingerprint density at radius 3 is 2.47 bits per heavy atom. The van der Waals surface area contributed by atoms with Gasteiger partial charge in [-0.15, -0.1) is 0 Å².